The number of hydrogen-bond acceptors (Lipinski definition) is 2. The fraction of sp³-hybridized carbons (Fsp3) is 0. The molecular formula is C64H41BrN4S2. The van der Waals surface area contributed by atoms with Gasteiger partial charge in [0.05, 0.1) is 38.0 Å². The summed E-state index contributed by atoms with van der Waals surface area (Å²) in [5.74, 6) is 0. The average molecular weight is 1010 g/mol. The largest absolute Gasteiger partial charge is 0.354 e. The minimum Gasteiger partial charge on any atom is -0.354 e. The van der Waals surface area contributed by atoms with Crippen LogP contribution >= 0.6 is 38.6 Å². The molecule has 0 fully saturated rings. The zero-order valence-electron chi connectivity index (χ0n) is 38.1. The molecule has 0 saturated carbocycles. The third-order valence-electron chi connectivity index (χ3n) is 13.9. The number of benzene rings is 10. The summed E-state index contributed by atoms with van der Waals surface area (Å²) in [7, 11) is 0. The third kappa shape index (κ3) is 6.84. The van der Waals surface area contributed by atoms with Crippen LogP contribution in [0.4, 0.5) is 0 Å². The molecule has 6 heterocycles. The van der Waals surface area contributed by atoms with Gasteiger partial charge in [-0.25, -0.2) is 0 Å². The standard InChI is InChI=1S/C32H20N2S.C20H14N2.C12H7BrS/c1-2-9-21(10-3-1)33-20-19-26-27(33)18-17-24-22-11-4-6-14-28(22)34(31(24)26)29-15-8-13-25-23-12-5-7-16-30(23)35-32(25)29;1-2-6-14(7-3-1)22-13-12-17-19(22)11-10-16-15-8-4-5-9-18(15)21-20(16)17;13-10-6-3-5-9-8-4-1-2-7-11(8)14-12(9)10/h1-20H;1-13,21H;1-7H. The van der Waals surface area contributed by atoms with Crippen molar-refractivity contribution >= 4 is 144 Å². The second-order valence-electron chi connectivity index (χ2n) is 17.8. The van der Waals surface area contributed by atoms with Crippen LogP contribution in [-0.4, -0.2) is 18.7 Å². The van der Waals surface area contributed by atoms with Crippen molar-refractivity contribution in [2.75, 3.05) is 0 Å². The van der Waals surface area contributed by atoms with Gasteiger partial charge < -0.3 is 18.7 Å². The number of rotatable bonds is 3. The van der Waals surface area contributed by atoms with E-state index < -0.39 is 0 Å². The summed E-state index contributed by atoms with van der Waals surface area (Å²) in [6.07, 6.45) is 4.34. The summed E-state index contributed by atoms with van der Waals surface area (Å²) >= 11 is 7.31. The van der Waals surface area contributed by atoms with Gasteiger partial charge in [-0.1, -0.05) is 146 Å². The van der Waals surface area contributed by atoms with Crippen molar-refractivity contribution in [1.29, 1.82) is 0 Å². The summed E-state index contributed by atoms with van der Waals surface area (Å²) in [6.45, 7) is 0. The van der Waals surface area contributed by atoms with Crippen LogP contribution in [-0.2, 0) is 0 Å². The fourth-order valence-electron chi connectivity index (χ4n) is 10.7. The second-order valence-corrected chi connectivity index (χ2v) is 20.8. The lowest BCUT2D eigenvalue weighted by atomic mass is 10.1. The molecular weight excluding hydrogens is 969 g/mol. The number of H-pyrrole nitrogens is 1. The smallest absolute Gasteiger partial charge is 0.0641 e. The molecule has 0 aliphatic rings. The number of aromatic nitrogens is 4. The Bertz CT molecular complexity index is 4660. The molecule has 7 heteroatoms. The Kier molecular flexibility index (Phi) is 10.0. The maximum atomic E-state index is 3.59. The van der Waals surface area contributed by atoms with Crippen LogP contribution in [0, 0.1) is 0 Å². The number of aromatic amines is 1. The van der Waals surface area contributed by atoms with Gasteiger partial charge in [0.2, 0.25) is 0 Å². The number of fused-ring (bicyclic) bond motifs is 16. The molecule has 0 saturated heterocycles. The van der Waals surface area contributed by atoms with E-state index in [4.69, 9.17) is 0 Å². The Hall–Kier alpha value is -8.20. The Morgan fingerprint density at radius 3 is 1.56 bits per heavy atom. The van der Waals surface area contributed by atoms with Gasteiger partial charge in [-0.3, -0.25) is 0 Å². The van der Waals surface area contributed by atoms with Gasteiger partial charge in [0.25, 0.3) is 0 Å². The molecule has 0 aliphatic carbocycles. The first-order chi connectivity index (χ1) is 35.2. The third-order valence-corrected chi connectivity index (χ3v) is 17.3. The Morgan fingerprint density at radius 2 is 0.859 bits per heavy atom. The molecule has 16 rings (SSSR count). The summed E-state index contributed by atoms with van der Waals surface area (Å²) in [4.78, 5) is 3.57. The normalized spacial score (nSPS) is 11.7. The van der Waals surface area contributed by atoms with Crippen molar-refractivity contribution in [2.24, 2.45) is 0 Å². The minimum atomic E-state index is 1.18. The monoisotopic (exact) mass is 1010 g/mol. The van der Waals surface area contributed by atoms with E-state index in [1.54, 1.807) is 0 Å². The number of thiophene rings is 2. The predicted molar refractivity (Wildman–Crippen MR) is 310 cm³/mol. The Morgan fingerprint density at radius 1 is 0.338 bits per heavy atom. The van der Waals surface area contributed by atoms with Crippen LogP contribution in [0.25, 0.3) is 123 Å². The number of nitrogens with one attached hydrogen (secondary N) is 1. The second kappa shape index (κ2) is 17.0. The molecule has 71 heavy (non-hydrogen) atoms. The topological polar surface area (TPSA) is 30.6 Å². The van der Waals surface area contributed by atoms with Crippen LogP contribution in [0.15, 0.2) is 247 Å². The van der Waals surface area contributed by atoms with E-state index in [1.165, 1.54) is 127 Å². The van der Waals surface area contributed by atoms with Crippen molar-refractivity contribution in [3.63, 3.8) is 0 Å². The van der Waals surface area contributed by atoms with Gasteiger partial charge in [-0.05, 0) is 101 Å². The van der Waals surface area contributed by atoms with Crippen molar-refractivity contribution in [2.45, 2.75) is 0 Å². The van der Waals surface area contributed by atoms with E-state index in [2.05, 4.69) is 271 Å². The van der Waals surface area contributed by atoms with E-state index in [-0.39, 0.29) is 0 Å². The quantitative estimate of drug-likeness (QED) is 0.183. The van der Waals surface area contributed by atoms with Crippen LogP contribution in [0.5, 0.6) is 0 Å². The molecule has 16 aromatic rings. The van der Waals surface area contributed by atoms with E-state index in [0.29, 0.717) is 0 Å². The zero-order chi connectivity index (χ0) is 47.0. The van der Waals surface area contributed by atoms with Crippen LogP contribution in [0.1, 0.15) is 0 Å². The van der Waals surface area contributed by atoms with E-state index >= 15 is 0 Å². The molecule has 6 aromatic heterocycles. The highest BCUT2D eigenvalue weighted by molar-refractivity contribution is 9.10. The zero-order valence-corrected chi connectivity index (χ0v) is 41.3. The summed E-state index contributed by atoms with van der Waals surface area (Å²) in [5, 5.41) is 13.0. The number of nitrogens with zero attached hydrogens (tertiary/aromatic N) is 3. The number of para-hydroxylation sites is 4. The van der Waals surface area contributed by atoms with E-state index in [9.17, 15) is 0 Å². The maximum absolute atomic E-state index is 3.59. The molecule has 0 aliphatic heterocycles. The Balaban J connectivity index is 0.000000111. The van der Waals surface area contributed by atoms with Crippen LogP contribution in [0.2, 0.25) is 0 Å². The molecule has 0 bridgehead atoms. The van der Waals surface area contributed by atoms with E-state index in [1.807, 2.05) is 28.7 Å². The van der Waals surface area contributed by atoms with Gasteiger partial charge in [-0.15, -0.1) is 22.7 Å². The lowest BCUT2D eigenvalue weighted by Gasteiger charge is -2.11. The van der Waals surface area contributed by atoms with Crippen molar-refractivity contribution in [3.05, 3.63) is 247 Å². The summed E-state index contributed by atoms with van der Waals surface area (Å²) in [6, 6.07) is 82.1. The van der Waals surface area contributed by atoms with Gasteiger partial charge in [0.1, 0.15) is 0 Å². The maximum Gasteiger partial charge on any atom is 0.0641 e. The first-order valence-electron chi connectivity index (χ1n) is 23.8. The molecule has 0 amide bonds. The molecule has 0 radical (unpaired) electrons. The summed E-state index contributed by atoms with van der Waals surface area (Å²) in [5.41, 5.74) is 11.0. The molecule has 4 nitrogen and oxygen atoms in total. The van der Waals surface area contributed by atoms with Crippen LogP contribution in [0.3, 0.4) is 0 Å². The van der Waals surface area contributed by atoms with Crippen molar-refractivity contribution in [1.82, 2.24) is 18.7 Å². The molecule has 1 N–H and O–H groups in total. The highest BCUT2D eigenvalue weighted by Gasteiger charge is 2.20. The van der Waals surface area contributed by atoms with Crippen LogP contribution < -0.4 is 0 Å². The Labute approximate surface area is 424 Å². The minimum absolute atomic E-state index is 1.18. The lowest BCUT2D eigenvalue weighted by molar-refractivity contribution is 1.13. The molecule has 0 spiro atoms. The molecule has 0 atom stereocenters. The lowest BCUT2D eigenvalue weighted by Crippen LogP contribution is -1.95. The average Bonchev–Trinajstić information content (AvgIpc) is 4.30. The first-order valence-corrected chi connectivity index (χ1v) is 26.2. The van der Waals surface area contributed by atoms with Crippen molar-refractivity contribution in [3.8, 4) is 17.1 Å². The molecule has 336 valence electrons. The molecule has 0 unspecified atom stereocenters. The van der Waals surface area contributed by atoms with E-state index in [0.717, 1.165) is 0 Å². The summed E-state index contributed by atoms with van der Waals surface area (Å²) < 4.78 is 13.6. The highest BCUT2D eigenvalue weighted by atomic mass is 79.9. The number of halogens is 1. The fourth-order valence-corrected chi connectivity index (χ4v) is 13.6. The van der Waals surface area contributed by atoms with Gasteiger partial charge >= 0.3 is 0 Å². The predicted octanol–water partition coefficient (Wildman–Crippen LogP) is 19.2. The van der Waals surface area contributed by atoms with Gasteiger partial charge in [0, 0.05) is 102 Å². The molecule has 10 aromatic carbocycles. The number of hydrogen-bond donors (Lipinski definition) is 1. The van der Waals surface area contributed by atoms with Gasteiger partial charge in [-0.2, -0.15) is 0 Å². The first kappa shape index (κ1) is 41.7. The van der Waals surface area contributed by atoms with Gasteiger partial charge in [0.15, 0.2) is 0 Å². The SMILES string of the molecule is Brc1cccc2c1sc1ccccc12.c1ccc(-n2ccc3c2ccc2c4ccccc4n(-c4cccc5c4sc4ccccc45)c23)cc1.c1ccc(-n2ccc3c4[nH]c5ccccc5c4ccc32)cc1. The van der Waals surface area contributed by atoms with Crippen molar-refractivity contribution < 1.29 is 0 Å². The highest BCUT2D eigenvalue weighted by Crippen LogP contribution is 2.43.